The second kappa shape index (κ2) is 6.24. The maximum absolute atomic E-state index is 12.1. The van der Waals surface area contributed by atoms with Gasteiger partial charge in [0.2, 0.25) is 0 Å². The van der Waals surface area contributed by atoms with E-state index in [0.29, 0.717) is 0 Å². The minimum absolute atomic E-state index is 0.0287. The molecule has 19 heavy (non-hydrogen) atoms. The number of alkyl halides is 2. The van der Waals surface area contributed by atoms with Crippen LogP contribution in [-0.4, -0.2) is 28.6 Å². The average molecular weight is 274 g/mol. The Labute approximate surface area is 107 Å². The van der Waals surface area contributed by atoms with E-state index in [1.54, 1.807) is 6.92 Å². The van der Waals surface area contributed by atoms with Gasteiger partial charge >= 0.3 is 12.6 Å². The number of ether oxygens (including phenoxy) is 1. The molecule has 0 aromatic heterocycles. The van der Waals surface area contributed by atoms with Gasteiger partial charge < -0.3 is 14.9 Å². The van der Waals surface area contributed by atoms with E-state index in [4.69, 9.17) is 5.11 Å². The SMILES string of the molecule is CCC(=O)c1ccc(OC(F)F)cc1C(O)C(=O)O. The van der Waals surface area contributed by atoms with Crippen LogP contribution in [0.4, 0.5) is 8.78 Å². The fourth-order valence-corrected chi connectivity index (χ4v) is 1.52. The van der Waals surface area contributed by atoms with E-state index in [-0.39, 0.29) is 23.3 Å². The largest absolute Gasteiger partial charge is 0.479 e. The number of aliphatic hydroxyl groups excluding tert-OH is 1. The van der Waals surface area contributed by atoms with Crippen molar-refractivity contribution in [2.75, 3.05) is 0 Å². The molecule has 0 bridgehead atoms. The second-order valence-electron chi connectivity index (χ2n) is 3.65. The van der Waals surface area contributed by atoms with Crippen LogP contribution in [0.15, 0.2) is 18.2 Å². The van der Waals surface area contributed by atoms with E-state index < -0.39 is 24.5 Å². The molecule has 0 aliphatic rings. The Hall–Kier alpha value is -2.02. The van der Waals surface area contributed by atoms with Crippen molar-refractivity contribution in [1.82, 2.24) is 0 Å². The standard InChI is InChI=1S/C12H12F2O5/c1-2-9(15)7-4-3-6(19-12(13)14)5-8(7)10(16)11(17)18/h3-5,10,12,16H,2H2,1H3,(H,17,18). The van der Waals surface area contributed by atoms with Crippen molar-refractivity contribution >= 4 is 11.8 Å². The summed E-state index contributed by atoms with van der Waals surface area (Å²) in [7, 11) is 0. The van der Waals surface area contributed by atoms with Crippen LogP contribution in [0.25, 0.3) is 0 Å². The normalized spacial score (nSPS) is 12.3. The number of Topliss-reactive ketones (excluding diaryl/α,β-unsaturated/α-hetero) is 1. The van der Waals surface area contributed by atoms with Gasteiger partial charge in [0.05, 0.1) is 0 Å². The summed E-state index contributed by atoms with van der Waals surface area (Å²) in [6, 6.07) is 3.20. The van der Waals surface area contributed by atoms with Gasteiger partial charge in [0.25, 0.3) is 0 Å². The highest BCUT2D eigenvalue weighted by Crippen LogP contribution is 2.26. The molecule has 1 aromatic carbocycles. The summed E-state index contributed by atoms with van der Waals surface area (Å²) in [6.07, 6.45) is -1.89. The van der Waals surface area contributed by atoms with Crippen molar-refractivity contribution in [3.05, 3.63) is 29.3 Å². The van der Waals surface area contributed by atoms with Crippen LogP contribution in [0, 0.1) is 0 Å². The fraction of sp³-hybridized carbons (Fsp3) is 0.333. The highest BCUT2D eigenvalue weighted by atomic mass is 19.3. The number of carbonyl (C=O) groups is 2. The van der Waals surface area contributed by atoms with E-state index in [9.17, 15) is 23.5 Å². The van der Waals surface area contributed by atoms with Crippen LogP contribution in [0.3, 0.4) is 0 Å². The summed E-state index contributed by atoms with van der Waals surface area (Å²) in [5, 5.41) is 18.2. The van der Waals surface area contributed by atoms with Crippen LogP contribution < -0.4 is 4.74 Å². The molecular weight excluding hydrogens is 262 g/mol. The number of hydrogen-bond acceptors (Lipinski definition) is 4. The van der Waals surface area contributed by atoms with Crippen LogP contribution >= 0.6 is 0 Å². The first-order valence-electron chi connectivity index (χ1n) is 5.39. The maximum Gasteiger partial charge on any atom is 0.387 e. The predicted molar refractivity (Wildman–Crippen MR) is 60.3 cm³/mol. The molecule has 0 aliphatic heterocycles. The van der Waals surface area contributed by atoms with Crippen LogP contribution in [0.2, 0.25) is 0 Å². The molecule has 2 N–H and O–H groups in total. The number of halogens is 2. The minimum Gasteiger partial charge on any atom is -0.479 e. The van der Waals surface area contributed by atoms with Gasteiger partial charge in [-0.3, -0.25) is 4.79 Å². The Kier molecular flexibility index (Phi) is 4.94. The molecule has 0 radical (unpaired) electrons. The van der Waals surface area contributed by atoms with Gasteiger partial charge in [-0.15, -0.1) is 0 Å². The lowest BCUT2D eigenvalue weighted by Gasteiger charge is -2.13. The molecular formula is C12H12F2O5. The monoisotopic (exact) mass is 274 g/mol. The fourth-order valence-electron chi connectivity index (χ4n) is 1.52. The molecule has 0 amide bonds. The first kappa shape index (κ1) is 15.0. The lowest BCUT2D eigenvalue weighted by atomic mass is 9.97. The molecule has 1 atom stereocenters. The Bertz CT molecular complexity index is 487. The number of aliphatic carboxylic acids is 1. The van der Waals surface area contributed by atoms with E-state index in [1.165, 1.54) is 0 Å². The number of carbonyl (C=O) groups excluding carboxylic acids is 1. The van der Waals surface area contributed by atoms with E-state index in [0.717, 1.165) is 18.2 Å². The van der Waals surface area contributed by atoms with Crippen LogP contribution in [-0.2, 0) is 4.79 Å². The number of benzene rings is 1. The van der Waals surface area contributed by atoms with Crippen molar-refractivity contribution < 1.29 is 33.3 Å². The first-order valence-corrected chi connectivity index (χ1v) is 5.39. The maximum atomic E-state index is 12.1. The Balaban J connectivity index is 3.25. The third-order valence-electron chi connectivity index (χ3n) is 2.40. The molecule has 0 aliphatic carbocycles. The zero-order valence-corrected chi connectivity index (χ0v) is 9.97. The van der Waals surface area contributed by atoms with Crippen molar-refractivity contribution in [2.24, 2.45) is 0 Å². The molecule has 0 saturated heterocycles. The van der Waals surface area contributed by atoms with Gasteiger partial charge in [0.15, 0.2) is 11.9 Å². The number of carboxylic acids is 1. The predicted octanol–water partition coefficient (Wildman–Crippen LogP) is 2.00. The molecule has 0 heterocycles. The average Bonchev–Trinajstić information content (AvgIpc) is 2.36. The molecule has 7 heteroatoms. The summed E-state index contributed by atoms with van der Waals surface area (Å²) >= 11 is 0. The molecule has 1 rings (SSSR count). The smallest absolute Gasteiger partial charge is 0.387 e. The lowest BCUT2D eigenvalue weighted by Crippen LogP contribution is -2.15. The summed E-state index contributed by atoms with van der Waals surface area (Å²) in [5.74, 6) is -2.31. The van der Waals surface area contributed by atoms with Crippen molar-refractivity contribution in [3.63, 3.8) is 0 Å². The molecule has 0 fully saturated rings. The highest BCUT2D eigenvalue weighted by Gasteiger charge is 2.23. The Morgan fingerprint density at radius 2 is 2.00 bits per heavy atom. The van der Waals surface area contributed by atoms with Crippen LogP contribution in [0.1, 0.15) is 35.4 Å². The molecule has 1 unspecified atom stereocenters. The van der Waals surface area contributed by atoms with E-state index in [2.05, 4.69) is 4.74 Å². The Morgan fingerprint density at radius 3 is 2.47 bits per heavy atom. The molecule has 0 saturated carbocycles. The van der Waals surface area contributed by atoms with E-state index >= 15 is 0 Å². The topological polar surface area (TPSA) is 83.8 Å². The zero-order valence-electron chi connectivity index (χ0n) is 9.97. The first-order chi connectivity index (χ1) is 8.86. The minimum atomic E-state index is -3.08. The van der Waals surface area contributed by atoms with Crippen molar-refractivity contribution in [3.8, 4) is 5.75 Å². The highest BCUT2D eigenvalue weighted by molar-refractivity contribution is 5.98. The number of rotatable bonds is 6. The van der Waals surface area contributed by atoms with Gasteiger partial charge in [-0.2, -0.15) is 8.78 Å². The van der Waals surface area contributed by atoms with Gasteiger partial charge in [-0.1, -0.05) is 6.92 Å². The third-order valence-corrected chi connectivity index (χ3v) is 2.40. The van der Waals surface area contributed by atoms with E-state index in [1.807, 2.05) is 0 Å². The summed E-state index contributed by atoms with van der Waals surface area (Å²) in [4.78, 5) is 22.3. The summed E-state index contributed by atoms with van der Waals surface area (Å²) < 4.78 is 28.2. The van der Waals surface area contributed by atoms with Gasteiger partial charge in [-0.05, 0) is 18.2 Å². The van der Waals surface area contributed by atoms with Gasteiger partial charge in [-0.25, -0.2) is 4.79 Å². The van der Waals surface area contributed by atoms with Crippen molar-refractivity contribution in [1.29, 1.82) is 0 Å². The van der Waals surface area contributed by atoms with Gasteiger partial charge in [0, 0.05) is 17.5 Å². The van der Waals surface area contributed by atoms with Gasteiger partial charge in [0.1, 0.15) is 5.75 Å². The van der Waals surface area contributed by atoms with Crippen molar-refractivity contribution in [2.45, 2.75) is 26.1 Å². The van der Waals surface area contributed by atoms with Crippen LogP contribution in [0.5, 0.6) is 5.75 Å². The number of aliphatic hydroxyl groups is 1. The number of carboxylic acid groups (broad SMARTS) is 1. The number of hydrogen-bond donors (Lipinski definition) is 2. The Morgan fingerprint density at radius 1 is 1.37 bits per heavy atom. The molecule has 1 aromatic rings. The molecule has 104 valence electrons. The zero-order chi connectivity index (χ0) is 14.6. The number of ketones is 1. The molecule has 5 nitrogen and oxygen atoms in total. The third kappa shape index (κ3) is 3.72. The second-order valence-corrected chi connectivity index (χ2v) is 3.65. The lowest BCUT2D eigenvalue weighted by molar-refractivity contribution is -0.146. The molecule has 0 spiro atoms. The quantitative estimate of drug-likeness (QED) is 0.775. The summed E-state index contributed by atoms with van der Waals surface area (Å²) in [6.45, 7) is -1.52. The summed E-state index contributed by atoms with van der Waals surface area (Å²) in [5.41, 5.74) is -0.295.